The molecule has 9 heteroatoms. The molecule has 0 bridgehead atoms. The van der Waals surface area contributed by atoms with E-state index in [9.17, 15) is 22.6 Å². The quantitative estimate of drug-likeness (QED) is 0.385. The molecule has 0 atom stereocenters. The van der Waals surface area contributed by atoms with Crippen LogP contribution < -0.4 is 4.90 Å². The van der Waals surface area contributed by atoms with Crippen molar-refractivity contribution in [3.8, 4) is 6.07 Å². The minimum absolute atomic E-state index is 0.226. The minimum Gasteiger partial charge on any atom is -0.369 e. The molecule has 1 fully saturated rings. The van der Waals surface area contributed by atoms with E-state index in [1.807, 2.05) is 12.1 Å². The van der Waals surface area contributed by atoms with Crippen molar-refractivity contribution in [3.63, 3.8) is 0 Å². The van der Waals surface area contributed by atoms with Crippen LogP contribution in [0.2, 0.25) is 0 Å². The summed E-state index contributed by atoms with van der Waals surface area (Å²) in [5.41, 5.74) is 3.65. The molecule has 1 aliphatic rings. The number of benzene rings is 2. The van der Waals surface area contributed by atoms with Crippen LogP contribution >= 0.6 is 0 Å². The summed E-state index contributed by atoms with van der Waals surface area (Å²) in [6, 6.07) is 13.9. The van der Waals surface area contributed by atoms with Gasteiger partial charge in [0.2, 0.25) is 0 Å². The van der Waals surface area contributed by atoms with E-state index in [-0.39, 0.29) is 5.82 Å². The molecular weight excluding hydrogens is 443 g/mol. The van der Waals surface area contributed by atoms with Gasteiger partial charge in [0.15, 0.2) is 0 Å². The van der Waals surface area contributed by atoms with Crippen LogP contribution in [0.4, 0.5) is 10.1 Å². The zero-order valence-corrected chi connectivity index (χ0v) is 19.1. The van der Waals surface area contributed by atoms with E-state index < -0.39 is 15.9 Å². The molecule has 33 heavy (non-hydrogen) atoms. The van der Waals surface area contributed by atoms with E-state index in [2.05, 4.69) is 20.9 Å². The van der Waals surface area contributed by atoms with E-state index in [1.165, 1.54) is 12.1 Å². The number of nitrogens with one attached hydrogen (secondary N) is 1. The van der Waals surface area contributed by atoms with Crippen molar-refractivity contribution in [1.82, 2.24) is 9.88 Å². The molecule has 0 radical (unpaired) electrons. The minimum atomic E-state index is -4.17. The van der Waals surface area contributed by atoms with Crippen LogP contribution in [0.15, 0.2) is 42.5 Å². The van der Waals surface area contributed by atoms with Crippen LogP contribution in [0, 0.1) is 17.1 Å². The lowest BCUT2D eigenvalue weighted by atomic mass is 10.0. The Labute approximate surface area is 193 Å². The van der Waals surface area contributed by atoms with Gasteiger partial charge in [-0.15, -0.1) is 0 Å². The van der Waals surface area contributed by atoms with Crippen LogP contribution in [0.3, 0.4) is 0 Å². The maximum absolute atomic E-state index is 13.1. The molecule has 3 aromatic rings. The first-order chi connectivity index (χ1) is 15.8. The first-order valence-electron chi connectivity index (χ1n) is 11.0. The number of rotatable bonds is 8. The SMILES string of the molecule is N#Cc1ccc2[nH]c(CS(=O)(=O)O)c(CCCCN3CCN(c4ccc(F)cc4)CC3)c2c1. The second-order valence-electron chi connectivity index (χ2n) is 8.44. The Kier molecular flexibility index (Phi) is 6.98. The van der Waals surface area contributed by atoms with E-state index in [1.54, 1.807) is 18.2 Å². The summed E-state index contributed by atoms with van der Waals surface area (Å²) >= 11 is 0. The van der Waals surface area contributed by atoms with E-state index >= 15 is 0 Å². The van der Waals surface area contributed by atoms with Crippen molar-refractivity contribution >= 4 is 26.7 Å². The molecule has 174 valence electrons. The first kappa shape index (κ1) is 23.2. The fourth-order valence-electron chi connectivity index (χ4n) is 4.48. The summed E-state index contributed by atoms with van der Waals surface area (Å²) < 4.78 is 45.5. The van der Waals surface area contributed by atoms with Gasteiger partial charge in [-0.1, -0.05) is 0 Å². The van der Waals surface area contributed by atoms with Crippen molar-refractivity contribution < 1.29 is 17.4 Å². The van der Waals surface area contributed by atoms with Gasteiger partial charge in [0.25, 0.3) is 10.1 Å². The van der Waals surface area contributed by atoms with E-state index in [0.717, 1.165) is 67.7 Å². The number of aromatic nitrogens is 1. The van der Waals surface area contributed by atoms with Crippen molar-refractivity contribution in [2.75, 3.05) is 37.6 Å². The number of nitriles is 1. The van der Waals surface area contributed by atoms with Crippen LogP contribution in [-0.2, 0) is 22.3 Å². The van der Waals surface area contributed by atoms with Crippen LogP contribution in [0.25, 0.3) is 10.9 Å². The molecule has 1 saturated heterocycles. The van der Waals surface area contributed by atoms with Crippen molar-refractivity contribution in [1.29, 1.82) is 5.26 Å². The number of nitrogens with zero attached hydrogens (tertiary/aromatic N) is 3. The van der Waals surface area contributed by atoms with Gasteiger partial charge in [-0.25, -0.2) is 4.39 Å². The average Bonchev–Trinajstić information content (AvgIpc) is 3.12. The third kappa shape index (κ3) is 5.90. The Bertz CT molecular complexity index is 1260. The molecule has 0 amide bonds. The number of hydrogen-bond acceptors (Lipinski definition) is 5. The van der Waals surface area contributed by atoms with Gasteiger partial charge in [-0.05, 0) is 73.8 Å². The standard InChI is InChI=1S/C24H27FN4O3S/c25-19-5-7-20(8-6-19)29-13-11-28(12-14-29)10-2-1-3-21-22-15-18(16-26)4-9-23(22)27-24(21)17-33(30,31)32/h4-9,15,27H,1-3,10-14,17H2,(H,30,31,32). The fraction of sp³-hybridized carbons (Fsp3) is 0.375. The predicted octanol–water partition coefficient (Wildman–Crippen LogP) is 3.71. The molecule has 1 aliphatic heterocycles. The number of piperazine rings is 1. The van der Waals surface area contributed by atoms with E-state index in [0.29, 0.717) is 17.7 Å². The predicted molar refractivity (Wildman–Crippen MR) is 126 cm³/mol. The number of anilines is 1. The number of fused-ring (bicyclic) bond motifs is 1. The number of unbranched alkanes of at least 4 members (excludes halogenated alkanes) is 1. The molecule has 2 aromatic carbocycles. The summed E-state index contributed by atoms with van der Waals surface area (Å²) in [6.45, 7) is 4.59. The third-order valence-corrected chi connectivity index (χ3v) is 6.82. The van der Waals surface area contributed by atoms with Gasteiger partial charge in [0, 0.05) is 48.5 Å². The van der Waals surface area contributed by atoms with Gasteiger partial charge in [-0.2, -0.15) is 13.7 Å². The maximum Gasteiger partial charge on any atom is 0.270 e. The molecular formula is C24H27FN4O3S. The van der Waals surface area contributed by atoms with Crippen LogP contribution in [-0.4, -0.2) is 55.6 Å². The molecule has 2 N–H and O–H groups in total. The summed E-state index contributed by atoms with van der Waals surface area (Å²) in [5, 5.41) is 10.1. The number of halogens is 1. The molecule has 7 nitrogen and oxygen atoms in total. The summed E-state index contributed by atoms with van der Waals surface area (Å²) in [6.07, 6.45) is 2.47. The van der Waals surface area contributed by atoms with E-state index in [4.69, 9.17) is 0 Å². The van der Waals surface area contributed by atoms with Crippen molar-refractivity contribution in [3.05, 3.63) is 65.1 Å². The number of H-pyrrole nitrogens is 1. The first-order valence-corrected chi connectivity index (χ1v) is 12.6. The molecule has 4 rings (SSSR count). The number of aromatic amines is 1. The molecule has 0 saturated carbocycles. The lowest BCUT2D eigenvalue weighted by molar-refractivity contribution is 0.253. The van der Waals surface area contributed by atoms with Gasteiger partial charge in [0.1, 0.15) is 11.6 Å². The highest BCUT2D eigenvalue weighted by Crippen LogP contribution is 2.27. The normalized spacial score (nSPS) is 15.1. The zero-order chi connectivity index (χ0) is 23.4. The lowest BCUT2D eigenvalue weighted by Gasteiger charge is -2.36. The number of hydrogen-bond donors (Lipinski definition) is 2. The monoisotopic (exact) mass is 470 g/mol. The molecule has 2 heterocycles. The van der Waals surface area contributed by atoms with Gasteiger partial charge in [0.05, 0.1) is 11.6 Å². The molecule has 0 unspecified atom stereocenters. The van der Waals surface area contributed by atoms with Crippen LogP contribution in [0.1, 0.15) is 29.7 Å². The second-order valence-corrected chi connectivity index (χ2v) is 9.90. The zero-order valence-electron chi connectivity index (χ0n) is 18.3. The maximum atomic E-state index is 13.1. The average molecular weight is 471 g/mol. The van der Waals surface area contributed by atoms with Crippen molar-refractivity contribution in [2.45, 2.75) is 25.0 Å². The van der Waals surface area contributed by atoms with Crippen LogP contribution in [0.5, 0.6) is 0 Å². The Hall–Kier alpha value is -2.93. The van der Waals surface area contributed by atoms with Gasteiger partial charge < -0.3 is 9.88 Å². The highest BCUT2D eigenvalue weighted by Gasteiger charge is 2.19. The lowest BCUT2D eigenvalue weighted by Crippen LogP contribution is -2.46. The topological polar surface area (TPSA) is 100 Å². The Balaban J connectivity index is 1.34. The van der Waals surface area contributed by atoms with Gasteiger partial charge >= 0.3 is 0 Å². The molecule has 0 spiro atoms. The third-order valence-electron chi connectivity index (χ3n) is 6.17. The Morgan fingerprint density at radius 1 is 1.06 bits per heavy atom. The summed E-state index contributed by atoms with van der Waals surface area (Å²) in [5.74, 6) is -0.694. The largest absolute Gasteiger partial charge is 0.369 e. The highest BCUT2D eigenvalue weighted by molar-refractivity contribution is 7.85. The summed E-state index contributed by atoms with van der Waals surface area (Å²) in [7, 11) is -4.17. The highest BCUT2D eigenvalue weighted by atomic mass is 32.2. The van der Waals surface area contributed by atoms with Crippen molar-refractivity contribution in [2.24, 2.45) is 0 Å². The number of aryl methyl sites for hydroxylation is 1. The summed E-state index contributed by atoms with van der Waals surface area (Å²) in [4.78, 5) is 7.76. The molecule has 0 aliphatic carbocycles. The molecule has 1 aromatic heterocycles. The second kappa shape index (κ2) is 9.91. The Morgan fingerprint density at radius 2 is 1.79 bits per heavy atom. The van der Waals surface area contributed by atoms with Gasteiger partial charge in [-0.3, -0.25) is 9.45 Å². The smallest absolute Gasteiger partial charge is 0.270 e. The Morgan fingerprint density at radius 3 is 2.45 bits per heavy atom. The fourth-order valence-corrected chi connectivity index (χ4v) is 5.09.